The Morgan fingerprint density at radius 1 is 1.04 bits per heavy atom. The van der Waals surface area contributed by atoms with Crippen LogP contribution in [0, 0.1) is 0 Å². The van der Waals surface area contributed by atoms with Gasteiger partial charge in [-0.2, -0.15) is 0 Å². The van der Waals surface area contributed by atoms with Crippen LogP contribution < -0.4 is 15.4 Å². The lowest BCUT2D eigenvalue weighted by Gasteiger charge is -2.13. The molecule has 1 aromatic heterocycles. The molecule has 0 bridgehead atoms. The van der Waals surface area contributed by atoms with Gasteiger partial charge in [-0.1, -0.05) is 30.3 Å². The molecule has 0 spiro atoms. The van der Waals surface area contributed by atoms with Gasteiger partial charge in [0.1, 0.15) is 11.4 Å². The molecule has 0 saturated heterocycles. The van der Waals surface area contributed by atoms with E-state index in [1.54, 1.807) is 18.3 Å². The maximum Gasteiger partial charge on any atom is 0.274 e. The van der Waals surface area contributed by atoms with Gasteiger partial charge in [0.25, 0.3) is 5.91 Å². The summed E-state index contributed by atoms with van der Waals surface area (Å²) in [6, 6.07) is 20.4. The van der Waals surface area contributed by atoms with Crippen molar-refractivity contribution < 1.29 is 9.53 Å². The molecule has 6 heteroatoms. The normalized spacial score (nSPS) is 10.5. The fraction of sp³-hybridized carbons (Fsp3) is 0.182. The summed E-state index contributed by atoms with van der Waals surface area (Å²) in [6.45, 7) is 1.68. The lowest BCUT2D eigenvalue weighted by atomic mass is 10.2. The SMILES string of the molecule is CN(C)CCNc1ccnc(C(=O)Nc2ccccc2Oc2ccccc2)c1. The number of ether oxygens (including phenoxy) is 1. The van der Waals surface area contributed by atoms with Crippen molar-refractivity contribution >= 4 is 17.3 Å². The van der Waals surface area contributed by atoms with Crippen LogP contribution in [0.4, 0.5) is 11.4 Å². The number of carbonyl (C=O) groups excluding carboxylic acids is 1. The van der Waals surface area contributed by atoms with Crippen molar-refractivity contribution in [1.29, 1.82) is 0 Å². The Labute approximate surface area is 165 Å². The van der Waals surface area contributed by atoms with Crippen molar-refractivity contribution in [3.8, 4) is 11.5 Å². The standard InChI is InChI=1S/C22H24N4O2/c1-26(2)15-14-23-17-12-13-24-20(16-17)22(27)25-19-10-6-7-11-21(19)28-18-8-4-3-5-9-18/h3-13,16H,14-15H2,1-2H3,(H,23,24)(H,25,27). The second-order valence-corrected chi connectivity index (χ2v) is 6.53. The van der Waals surface area contributed by atoms with Gasteiger partial charge in [-0.05, 0) is 50.5 Å². The molecule has 1 amide bonds. The van der Waals surface area contributed by atoms with Gasteiger partial charge in [-0.25, -0.2) is 0 Å². The number of nitrogens with one attached hydrogen (secondary N) is 2. The second kappa shape index (κ2) is 9.53. The predicted octanol–water partition coefficient (Wildman–Crippen LogP) is 4.10. The quantitative estimate of drug-likeness (QED) is 0.620. The molecule has 0 saturated carbocycles. The predicted molar refractivity (Wildman–Crippen MR) is 112 cm³/mol. The molecule has 28 heavy (non-hydrogen) atoms. The largest absolute Gasteiger partial charge is 0.455 e. The number of likely N-dealkylation sites (N-methyl/N-ethyl adjacent to an activating group) is 1. The van der Waals surface area contributed by atoms with Crippen molar-refractivity contribution in [1.82, 2.24) is 9.88 Å². The molecular weight excluding hydrogens is 352 g/mol. The fourth-order valence-corrected chi connectivity index (χ4v) is 2.55. The number of pyridine rings is 1. The number of rotatable bonds is 8. The van der Waals surface area contributed by atoms with Crippen LogP contribution in [-0.4, -0.2) is 43.0 Å². The highest BCUT2D eigenvalue weighted by molar-refractivity contribution is 6.04. The van der Waals surface area contributed by atoms with Gasteiger partial charge in [0.2, 0.25) is 0 Å². The van der Waals surface area contributed by atoms with Crippen molar-refractivity contribution in [2.75, 3.05) is 37.8 Å². The number of hydrogen-bond acceptors (Lipinski definition) is 5. The Kier molecular flexibility index (Phi) is 6.59. The van der Waals surface area contributed by atoms with E-state index in [-0.39, 0.29) is 5.91 Å². The van der Waals surface area contributed by atoms with E-state index < -0.39 is 0 Å². The Bertz CT molecular complexity index is 913. The molecule has 3 rings (SSSR count). The van der Waals surface area contributed by atoms with E-state index >= 15 is 0 Å². The molecule has 3 aromatic rings. The minimum absolute atomic E-state index is 0.291. The third-order valence-corrected chi connectivity index (χ3v) is 3.99. The molecular formula is C22H24N4O2. The summed E-state index contributed by atoms with van der Waals surface area (Å²) in [6.07, 6.45) is 1.62. The third kappa shape index (κ3) is 5.56. The minimum Gasteiger partial charge on any atom is -0.455 e. The summed E-state index contributed by atoms with van der Waals surface area (Å²) in [5.41, 5.74) is 1.78. The van der Waals surface area contributed by atoms with Gasteiger partial charge in [0.05, 0.1) is 5.69 Å². The molecule has 1 heterocycles. The molecule has 0 aliphatic heterocycles. The highest BCUT2D eigenvalue weighted by atomic mass is 16.5. The first-order valence-corrected chi connectivity index (χ1v) is 9.10. The number of para-hydroxylation sites is 3. The molecule has 0 radical (unpaired) electrons. The smallest absolute Gasteiger partial charge is 0.274 e. The Hall–Kier alpha value is -3.38. The lowest BCUT2D eigenvalue weighted by molar-refractivity contribution is 0.102. The molecule has 0 unspecified atom stereocenters. The number of nitrogens with zero attached hydrogens (tertiary/aromatic N) is 2. The number of hydrogen-bond donors (Lipinski definition) is 2. The van der Waals surface area contributed by atoms with E-state index in [9.17, 15) is 4.79 Å². The average Bonchev–Trinajstić information content (AvgIpc) is 2.70. The van der Waals surface area contributed by atoms with Crippen molar-refractivity contribution in [2.24, 2.45) is 0 Å². The molecule has 2 aromatic carbocycles. The van der Waals surface area contributed by atoms with Crippen LogP contribution in [-0.2, 0) is 0 Å². The summed E-state index contributed by atoms with van der Waals surface area (Å²) in [7, 11) is 4.03. The van der Waals surface area contributed by atoms with Crippen LogP contribution in [0.3, 0.4) is 0 Å². The van der Waals surface area contributed by atoms with Crippen LogP contribution in [0.15, 0.2) is 72.9 Å². The third-order valence-electron chi connectivity index (χ3n) is 3.99. The van der Waals surface area contributed by atoms with Gasteiger partial charge >= 0.3 is 0 Å². The van der Waals surface area contributed by atoms with Crippen molar-refractivity contribution in [2.45, 2.75) is 0 Å². The number of benzene rings is 2. The van der Waals surface area contributed by atoms with Crippen molar-refractivity contribution in [3.63, 3.8) is 0 Å². The van der Waals surface area contributed by atoms with Gasteiger partial charge < -0.3 is 20.3 Å². The Balaban J connectivity index is 1.70. The van der Waals surface area contributed by atoms with Gasteiger partial charge in [0.15, 0.2) is 5.75 Å². The van der Waals surface area contributed by atoms with Gasteiger partial charge in [0, 0.05) is 25.0 Å². The van der Waals surface area contributed by atoms with E-state index in [0.717, 1.165) is 18.8 Å². The van der Waals surface area contributed by atoms with E-state index in [1.807, 2.05) is 68.7 Å². The van der Waals surface area contributed by atoms with Gasteiger partial charge in [-0.15, -0.1) is 0 Å². The first-order chi connectivity index (χ1) is 13.6. The van der Waals surface area contributed by atoms with Crippen LogP contribution in [0.25, 0.3) is 0 Å². The highest BCUT2D eigenvalue weighted by Gasteiger charge is 2.12. The Morgan fingerprint density at radius 2 is 1.79 bits per heavy atom. The highest BCUT2D eigenvalue weighted by Crippen LogP contribution is 2.29. The minimum atomic E-state index is -0.291. The molecule has 144 valence electrons. The zero-order valence-electron chi connectivity index (χ0n) is 16.1. The molecule has 0 aliphatic carbocycles. The number of carbonyl (C=O) groups is 1. The topological polar surface area (TPSA) is 66.5 Å². The van der Waals surface area contributed by atoms with Crippen molar-refractivity contribution in [3.05, 3.63) is 78.6 Å². The van der Waals surface area contributed by atoms with E-state index in [2.05, 4.69) is 20.5 Å². The zero-order chi connectivity index (χ0) is 19.8. The number of anilines is 2. The average molecular weight is 376 g/mol. The van der Waals surface area contributed by atoms with Crippen LogP contribution >= 0.6 is 0 Å². The summed E-state index contributed by atoms with van der Waals surface area (Å²) < 4.78 is 5.89. The first kappa shape index (κ1) is 19.4. The molecule has 0 atom stereocenters. The lowest BCUT2D eigenvalue weighted by Crippen LogP contribution is -2.21. The second-order valence-electron chi connectivity index (χ2n) is 6.53. The van der Waals surface area contributed by atoms with E-state index in [0.29, 0.717) is 22.9 Å². The summed E-state index contributed by atoms with van der Waals surface area (Å²) in [5, 5.41) is 6.18. The molecule has 0 fully saturated rings. The van der Waals surface area contributed by atoms with E-state index in [1.165, 1.54) is 0 Å². The van der Waals surface area contributed by atoms with Crippen LogP contribution in [0.2, 0.25) is 0 Å². The maximum absolute atomic E-state index is 12.7. The first-order valence-electron chi connectivity index (χ1n) is 9.10. The maximum atomic E-state index is 12.7. The number of amides is 1. The monoisotopic (exact) mass is 376 g/mol. The van der Waals surface area contributed by atoms with Gasteiger partial charge in [-0.3, -0.25) is 9.78 Å². The van der Waals surface area contributed by atoms with Crippen LogP contribution in [0.1, 0.15) is 10.5 Å². The summed E-state index contributed by atoms with van der Waals surface area (Å²) in [4.78, 5) is 19.0. The van der Waals surface area contributed by atoms with Crippen LogP contribution in [0.5, 0.6) is 11.5 Å². The number of aromatic nitrogens is 1. The Morgan fingerprint density at radius 3 is 2.57 bits per heavy atom. The fourth-order valence-electron chi connectivity index (χ4n) is 2.55. The molecule has 2 N–H and O–H groups in total. The zero-order valence-corrected chi connectivity index (χ0v) is 16.1. The van der Waals surface area contributed by atoms with E-state index in [4.69, 9.17) is 4.74 Å². The molecule has 6 nitrogen and oxygen atoms in total. The molecule has 0 aliphatic rings. The summed E-state index contributed by atoms with van der Waals surface area (Å²) >= 11 is 0. The summed E-state index contributed by atoms with van der Waals surface area (Å²) in [5.74, 6) is 0.983.